The Morgan fingerprint density at radius 2 is 2.06 bits per heavy atom. The molecular weight excluding hydrogens is 234 g/mol. The summed E-state index contributed by atoms with van der Waals surface area (Å²) in [6.07, 6.45) is 0. The second kappa shape index (κ2) is 4.13. The van der Waals surface area contributed by atoms with Crippen molar-refractivity contribution < 1.29 is 18.5 Å². The lowest BCUT2D eigenvalue weighted by Gasteiger charge is -2.14. The molecule has 8 heteroatoms. The normalized spacial score (nSPS) is 11.9. The Balaban J connectivity index is 2.25. The Kier molecular flexibility index (Phi) is 2.80. The number of nitrogens with two attached hydrogens (primary N) is 1. The molecule has 6 nitrogen and oxygen atoms in total. The number of alkyl halides is 2. The molecule has 0 saturated heterocycles. The molecule has 0 saturated carbocycles. The second-order valence-corrected chi connectivity index (χ2v) is 3.53. The van der Waals surface area contributed by atoms with Gasteiger partial charge in [0.05, 0.1) is 17.9 Å². The van der Waals surface area contributed by atoms with Crippen LogP contribution in [-0.2, 0) is 0 Å². The number of aliphatic hydroxyl groups excluding tert-OH is 1. The average molecular weight is 244 g/mol. The van der Waals surface area contributed by atoms with Gasteiger partial charge in [0.1, 0.15) is 6.61 Å². The standard InChI is InChI=1S/C9H10F2N4O2/c10-9(11,4-16)3-13-6-2-1-5(12)7-8(6)15-17-14-7/h1-2,13,16H,3-4,12H2. The van der Waals surface area contributed by atoms with Gasteiger partial charge in [-0.15, -0.1) is 0 Å². The largest absolute Gasteiger partial charge is 0.397 e. The van der Waals surface area contributed by atoms with Crippen LogP contribution < -0.4 is 11.1 Å². The van der Waals surface area contributed by atoms with Crippen LogP contribution in [0.25, 0.3) is 11.0 Å². The first-order valence-corrected chi connectivity index (χ1v) is 4.77. The smallest absolute Gasteiger partial charge is 0.287 e. The topological polar surface area (TPSA) is 97.2 Å². The molecule has 0 fully saturated rings. The first kappa shape index (κ1) is 11.5. The van der Waals surface area contributed by atoms with Crippen molar-refractivity contribution in [2.24, 2.45) is 0 Å². The molecule has 2 aromatic rings. The molecule has 1 heterocycles. The van der Waals surface area contributed by atoms with E-state index in [4.69, 9.17) is 10.8 Å². The Morgan fingerprint density at radius 1 is 1.35 bits per heavy atom. The first-order valence-electron chi connectivity index (χ1n) is 4.77. The van der Waals surface area contributed by atoms with E-state index in [0.717, 1.165) is 0 Å². The second-order valence-electron chi connectivity index (χ2n) is 3.53. The predicted octanol–water partition coefficient (Wildman–Crippen LogP) is 0.845. The van der Waals surface area contributed by atoms with Crippen molar-refractivity contribution in [2.45, 2.75) is 5.92 Å². The zero-order valence-corrected chi connectivity index (χ0v) is 8.65. The van der Waals surface area contributed by atoms with E-state index < -0.39 is 19.1 Å². The Morgan fingerprint density at radius 3 is 2.76 bits per heavy atom. The number of aliphatic hydroxyl groups is 1. The Hall–Kier alpha value is -1.96. The number of nitrogens with one attached hydrogen (secondary N) is 1. The number of fused-ring (bicyclic) bond motifs is 1. The fourth-order valence-electron chi connectivity index (χ4n) is 1.31. The summed E-state index contributed by atoms with van der Waals surface area (Å²) in [5.74, 6) is -3.20. The number of anilines is 2. The minimum absolute atomic E-state index is 0.277. The number of hydrogen-bond acceptors (Lipinski definition) is 6. The minimum atomic E-state index is -3.20. The van der Waals surface area contributed by atoms with E-state index >= 15 is 0 Å². The van der Waals surface area contributed by atoms with Crippen LogP contribution in [0.1, 0.15) is 0 Å². The molecule has 0 unspecified atom stereocenters. The van der Waals surface area contributed by atoms with E-state index in [1.807, 2.05) is 0 Å². The van der Waals surface area contributed by atoms with Gasteiger partial charge in [0.2, 0.25) is 0 Å². The van der Waals surface area contributed by atoms with Crippen LogP contribution in [-0.4, -0.2) is 34.5 Å². The van der Waals surface area contributed by atoms with Gasteiger partial charge in [-0.05, 0) is 22.4 Å². The molecular formula is C9H10F2N4O2. The molecule has 0 bridgehead atoms. The van der Waals surface area contributed by atoms with Crippen LogP contribution in [0.5, 0.6) is 0 Å². The van der Waals surface area contributed by atoms with Crippen molar-refractivity contribution in [3.8, 4) is 0 Å². The number of aromatic nitrogens is 2. The first-order chi connectivity index (χ1) is 8.03. The van der Waals surface area contributed by atoms with Crippen LogP contribution in [0.3, 0.4) is 0 Å². The SMILES string of the molecule is Nc1ccc(NCC(F)(F)CO)c2nonc12. The molecule has 0 aliphatic rings. The molecule has 0 aliphatic heterocycles. The van der Waals surface area contributed by atoms with Gasteiger partial charge < -0.3 is 16.2 Å². The summed E-state index contributed by atoms with van der Waals surface area (Å²) in [4.78, 5) is 0. The number of nitrogen functional groups attached to an aromatic ring is 1. The van der Waals surface area contributed by atoms with E-state index in [2.05, 4.69) is 20.3 Å². The molecule has 17 heavy (non-hydrogen) atoms. The number of nitrogens with zero attached hydrogens (tertiary/aromatic N) is 2. The molecule has 1 aromatic heterocycles. The maximum Gasteiger partial charge on any atom is 0.287 e. The summed E-state index contributed by atoms with van der Waals surface area (Å²) in [5, 5.41) is 18.0. The summed E-state index contributed by atoms with van der Waals surface area (Å²) in [7, 11) is 0. The van der Waals surface area contributed by atoms with Crippen LogP contribution >= 0.6 is 0 Å². The lowest BCUT2D eigenvalue weighted by atomic mass is 10.2. The molecule has 4 N–H and O–H groups in total. The molecule has 2 rings (SSSR count). The average Bonchev–Trinajstić information content (AvgIpc) is 2.78. The third-order valence-electron chi connectivity index (χ3n) is 2.22. The third kappa shape index (κ3) is 2.26. The lowest BCUT2D eigenvalue weighted by Crippen LogP contribution is -2.31. The number of rotatable bonds is 4. The van der Waals surface area contributed by atoms with Gasteiger partial charge >= 0.3 is 0 Å². The zero-order valence-electron chi connectivity index (χ0n) is 8.65. The maximum atomic E-state index is 12.8. The summed E-state index contributed by atoms with van der Waals surface area (Å²) in [6.45, 7) is -1.94. The highest BCUT2D eigenvalue weighted by Gasteiger charge is 2.27. The highest BCUT2D eigenvalue weighted by Crippen LogP contribution is 2.26. The highest BCUT2D eigenvalue weighted by atomic mass is 19.3. The van der Waals surface area contributed by atoms with Crippen molar-refractivity contribution in [1.29, 1.82) is 0 Å². The zero-order chi connectivity index (χ0) is 12.5. The van der Waals surface area contributed by atoms with Crippen LogP contribution in [0, 0.1) is 0 Å². The van der Waals surface area contributed by atoms with Crippen molar-refractivity contribution >= 4 is 22.4 Å². The summed E-state index contributed by atoms with van der Waals surface area (Å²) < 4.78 is 30.2. The maximum absolute atomic E-state index is 12.8. The van der Waals surface area contributed by atoms with Gasteiger partial charge in [-0.2, -0.15) is 0 Å². The molecule has 92 valence electrons. The van der Waals surface area contributed by atoms with E-state index in [9.17, 15) is 8.78 Å². The van der Waals surface area contributed by atoms with E-state index in [1.54, 1.807) is 0 Å². The van der Waals surface area contributed by atoms with Crippen molar-refractivity contribution in [2.75, 3.05) is 24.2 Å². The van der Waals surface area contributed by atoms with Gasteiger partial charge in [0.15, 0.2) is 11.0 Å². The van der Waals surface area contributed by atoms with Gasteiger partial charge in [-0.25, -0.2) is 13.4 Å². The fraction of sp³-hybridized carbons (Fsp3) is 0.333. The van der Waals surface area contributed by atoms with Crippen molar-refractivity contribution in [3.63, 3.8) is 0 Å². The third-order valence-corrected chi connectivity index (χ3v) is 2.22. The lowest BCUT2D eigenvalue weighted by molar-refractivity contribution is -0.0372. The van der Waals surface area contributed by atoms with Crippen LogP contribution in [0.15, 0.2) is 16.8 Å². The predicted molar refractivity (Wildman–Crippen MR) is 56.7 cm³/mol. The molecule has 0 spiro atoms. The molecule has 0 aliphatic carbocycles. The number of benzene rings is 1. The van der Waals surface area contributed by atoms with Crippen LogP contribution in [0.2, 0.25) is 0 Å². The van der Waals surface area contributed by atoms with Crippen molar-refractivity contribution in [3.05, 3.63) is 12.1 Å². The number of halogens is 2. The number of hydrogen-bond donors (Lipinski definition) is 3. The van der Waals surface area contributed by atoms with Gasteiger partial charge in [0.25, 0.3) is 5.92 Å². The van der Waals surface area contributed by atoms with Gasteiger partial charge in [-0.3, -0.25) is 0 Å². The molecule has 0 amide bonds. The highest BCUT2D eigenvalue weighted by molar-refractivity contribution is 5.94. The molecule has 1 aromatic carbocycles. The molecule has 0 radical (unpaired) electrons. The summed E-state index contributed by atoms with van der Waals surface area (Å²) in [6, 6.07) is 3.00. The minimum Gasteiger partial charge on any atom is -0.397 e. The fourth-order valence-corrected chi connectivity index (χ4v) is 1.31. The molecule has 0 atom stereocenters. The summed E-state index contributed by atoms with van der Waals surface area (Å²) in [5.41, 5.74) is 6.85. The monoisotopic (exact) mass is 244 g/mol. The summed E-state index contributed by atoms with van der Waals surface area (Å²) >= 11 is 0. The Bertz CT molecular complexity index is 529. The Labute approximate surface area is 94.4 Å². The van der Waals surface area contributed by atoms with E-state index in [-0.39, 0.29) is 5.52 Å². The van der Waals surface area contributed by atoms with Crippen molar-refractivity contribution in [1.82, 2.24) is 10.3 Å². The van der Waals surface area contributed by atoms with Gasteiger partial charge in [0, 0.05) is 0 Å². The quantitative estimate of drug-likeness (QED) is 0.689. The van der Waals surface area contributed by atoms with E-state index in [1.165, 1.54) is 12.1 Å². The van der Waals surface area contributed by atoms with E-state index in [0.29, 0.717) is 16.9 Å². The van der Waals surface area contributed by atoms with Crippen LogP contribution in [0.4, 0.5) is 20.2 Å². The van der Waals surface area contributed by atoms with Gasteiger partial charge in [-0.1, -0.05) is 0 Å².